The Balaban J connectivity index is 1.49. The Bertz CT molecular complexity index is 576. The maximum atomic E-state index is 12.4. The van der Waals surface area contributed by atoms with E-state index in [0.29, 0.717) is 11.6 Å². The summed E-state index contributed by atoms with van der Waals surface area (Å²) in [7, 11) is 1.92. The number of amides is 2. The highest BCUT2D eigenvalue weighted by Gasteiger charge is 2.26. The van der Waals surface area contributed by atoms with Gasteiger partial charge in [-0.25, -0.2) is 0 Å². The molecule has 0 bridgehead atoms. The number of carbonyl (C=O) groups excluding carboxylic acids is 2. The van der Waals surface area contributed by atoms with Crippen molar-refractivity contribution in [1.29, 1.82) is 0 Å². The van der Waals surface area contributed by atoms with E-state index in [1.54, 1.807) is 16.7 Å². The Labute approximate surface area is 140 Å². The molecule has 2 saturated heterocycles. The van der Waals surface area contributed by atoms with Crippen LogP contribution in [0.5, 0.6) is 0 Å². The van der Waals surface area contributed by atoms with Gasteiger partial charge in [0.05, 0.1) is 17.8 Å². The van der Waals surface area contributed by atoms with Crippen molar-refractivity contribution in [2.24, 2.45) is 7.05 Å². The van der Waals surface area contributed by atoms with Gasteiger partial charge in [0.25, 0.3) is 0 Å². The number of thioether (sulfide) groups is 1. The minimum atomic E-state index is 0.0732. The second-order valence-electron chi connectivity index (χ2n) is 6.10. The van der Waals surface area contributed by atoms with Crippen LogP contribution < -0.4 is 0 Å². The van der Waals surface area contributed by atoms with Crippen molar-refractivity contribution in [3.63, 3.8) is 0 Å². The van der Waals surface area contributed by atoms with Crippen molar-refractivity contribution >= 4 is 23.6 Å². The van der Waals surface area contributed by atoms with Gasteiger partial charge in [-0.3, -0.25) is 19.2 Å². The van der Waals surface area contributed by atoms with Gasteiger partial charge in [0.2, 0.25) is 11.8 Å². The highest BCUT2D eigenvalue weighted by molar-refractivity contribution is 8.00. The lowest BCUT2D eigenvalue weighted by Crippen LogP contribution is -2.42. The zero-order valence-electron chi connectivity index (χ0n) is 13.5. The van der Waals surface area contributed by atoms with Crippen LogP contribution in [0, 0.1) is 0 Å². The van der Waals surface area contributed by atoms with Crippen molar-refractivity contribution in [2.45, 2.75) is 13.0 Å². The number of rotatable bonds is 4. The smallest absolute Gasteiger partial charge is 0.242 e. The molecule has 3 rings (SSSR count). The zero-order valence-corrected chi connectivity index (χ0v) is 14.3. The molecular weight excluding hydrogens is 314 g/mol. The standard InChI is InChI=1S/C15H23N5O2S/c1-17-8-13(7-16-17)9-18-3-2-4-19(6-5-18)14(21)10-20-12-23-11-15(20)22/h7-8H,2-6,9-12H2,1H3. The number of hydrogen-bond donors (Lipinski definition) is 0. The largest absolute Gasteiger partial charge is 0.340 e. The van der Waals surface area contributed by atoms with E-state index in [2.05, 4.69) is 10.00 Å². The molecule has 8 heteroatoms. The summed E-state index contributed by atoms with van der Waals surface area (Å²) in [5.74, 6) is 1.30. The fourth-order valence-corrected chi connectivity index (χ4v) is 3.90. The third kappa shape index (κ3) is 4.26. The molecule has 0 radical (unpaired) electrons. The number of nitrogens with zero attached hydrogens (tertiary/aromatic N) is 5. The average Bonchev–Trinajstić information content (AvgIpc) is 3.02. The zero-order chi connectivity index (χ0) is 16.2. The van der Waals surface area contributed by atoms with Crippen LogP contribution in [0.3, 0.4) is 0 Å². The van der Waals surface area contributed by atoms with Crippen LogP contribution in [0.1, 0.15) is 12.0 Å². The fourth-order valence-electron chi connectivity index (χ4n) is 2.99. The van der Waals surface area contributed by atoms with Crippen LogP contribution >= 0.6 is 11.8 Å². The summed E-state index contributed by atoms with van der Waals surface area (Å²) in [5, 5.41) is 4.20. The highest BCUT2D eigenvalue weighted by Crippen LogP contribution is 2.15. The molecule has 1 aromatic heterocycles. The van der Waals surface area contributed by atoms with Gasteiger partial charge in [0, 0.05) is 51.5 Å². The number of carbonyl (C=O) groups is 2. The minimum absolute atomic E-state index is 0.0732. The topological polar surface area (TPSA) is 61.7 Å². The number of aryl methyl sites for hydroxylation is 1. The van der Waals surface area contributed by atoms with Crippen LogP contribution in [0.25, 0.3) is 0 Å². The second-order valence-corrected chi connectivity index (χ2v) is 7.06. The lowest BCUT2D eigenvalue weighted by Gasteiger charge is -2.24. The Morgan fingerprint density at radius 1 is 1.30 bits per heavy atom. The molecule has 0 aliphatic carbocycles. The van der Waals surface area contributed by atoms with Gasteiger partial charge in [-0.05, 0) is 6.42 Å². The second kappa shape index (κ2) is 7.35. The van der Waals surface area contributed by atoms with E-state index in [0.717, 1.165) is 39.1 Å². The molecular formula is C15H23N5O2S. The first-order chi connectivity index (χ1) is 11.1. The van der Waals surface area contributed by atoms with Gasteiger partial charge in [-0.2, -0.15) is 5.10 Å². The Morgan fingerprint density at radius 3 is 2.87 bits per heavy atom. The summed E-state index contributed by atoms with van der Waals surface area (Å²) >= 11 is 1.58. The van der Waals surface area contributed by atoms with Crippen LogP contribution in [0.2, 0.25) is 0 Å². The van der Waals surface area contributed by atoms with Crippen LogP contribution in [0.15, 0.2) is 12.4 Å². The Morgan fingerprint density at radius 2 is 2.17 bits per heavy atom. The predicted molar refractivity (Wildman–Crippen MR) is 88.7 cm³/mol. The van der Waals surface area contributed by atoms with Gasteiger partial charge >= 0.3 is 0 Å². The van der Waals surface area contributed by atoms with E-state index in [9.17, 15) is 9.59 Å². The molecule has 7 nitrogen and oxygen atoms in total. The first-order valence-corrected chi connectivity index (χ1v) is 9.10. The molecule has 0 unspecified atom stereocenters. The van der Waals surface area contributed by atoms with E-state index in [4.69, 9.17) is 0 Å². The normalized spacial score (nSPS) is 20.1. The molecule has 1 aromatic rings. The highest BCUT2D eigenvalue weighted by atomic mass is 32.2. The van der Waals surface area contributed by atoms with E-state index in [-0.39, 0.29) is 18.4 Å². The Kier molecular flexibility index (Phi) is 5.22. The monoisotopic (exact) mass is 337 g/mol. The fraction of sp³-hybridized carbons (Fsp3) is 0.667. The molecule has 2 aliphatic heterocycles. The molecule has 3 heterocycles. The van der Waals surface area contributed by atoms with Crippen molar-refractivity contribution < 1.29 is 9.59 Å². The molecule has 0 atom stereocenters. The van der Waals surface area contributed by atoms with E-state index < -0.39 is 0 Å². The van der Waals surface area contributed by atoms with E-state index in [1.165, 1.54) is 5.56 Å². The molecule has 0 spiro atoms. The molecule has 0 N–H and O–H groups in total. The lowest BCUT2D eigenvalue weighted by molar-refractivity contribution is -0.137. The first-order valence-electron chi connectivity index (χ1n) is 7.95. The number of aromatic nitrogens is 2. The summed E-state index contributed by atoms with van der Waals surface area (Å²) < 4.78 is 1.81. The first kappa shape index (κ1) is 16.3. The van der Waals surface area contributed by atoms with Crippen LogP contribution in [-0.2, 0) is 23.2 Å². The summed E-state index contributed by atoms with van der Waals surface area (Å²) in [6.45, 7) is 4.46. The third-order valence-electron chi connectivity index (χ3n) is 4.26. The maximum absolute atomic E-state index is 12.4. The summed E-state index contributed by atoms with van der Waals surface area (Å²) in [6, 6.07) is 0. The lowest BCUT2D eigenvalue weighted by atomic mass is 10.3. The summed E-state index contributed by atoms with van der Waals surface area (Å²) in [4.78, 5) is 30.0. The Hall–Kier alpha value is -1.54. The van der Waals surface area contributed by atoms with Gasteiger partial charge in [-0.15, -0.1) is 11.8 Å². The molecule has 126 valence electrons. The number of hydrogen-bond acceptors (Lipinski definition) is 5. The average molecular weight is 337 g/mol. The van der Waals surface area contributed by atoms with Gasteiger partial charge in [0.1, 0.15) is 6.54 Å². The van der Waals surface area contributed by atoms with Crippen LogP contribution in [-0.4, -0.2) is 80.6 Å². The summed E-state index contributed by atoms with van der Waals surface area (Å²) in [5.41, 5.74) is 1.20. The maximum Gasteiger partial charge on any atom is 0.242 e. The van der Waals surface area contributed by atoms with Gasteiger partial charge in [-0.1, -0.05) is 0 Å². The minimum Gasteiger partial charge on any atom is -0.340 e. The molecule has 2 aliphatic rings. The van der Waals surface area contributed by atoms with Crippen molar-refractivity contribution in [1.82, 2.24) is 24.5 Å². The molecule has 2 fully saturated rings. The van der Waals surface area contributed by atoms with Crippen LogP contribution in [0.4, 0.5) is 0 Å². The molecule has 0 saturated carbocycles. The van der Waals surface area contributed by atoms with Crippen molar-refractivity contribution in [3.05, 3.63) is 18.0 Å². The van der Waals surface area contributed by atoms with Gasteiger partial charge < -0.3 is 9.80 Å². The summed E-state index contributed by atoms with van der Waals surface area (Å²) in [6.07, 6.45) is 4.89. The molecule has 23 heavy (non-hydrogen) atoms. The predicted octanol–water partition coefficient (Wildman–Crippen LogP) is -0.0127. The SMILES string of the molecule is Cn1cc(CN2CCCN(C(=O)CN3CSCC3=O)CC2)cn1. The quantitative estimate of drug-likeness (QED) is 0.773. The van der Waals surface area contributed by atoms with Gasteiger partial charge in [0.15, 0.2) is 0 Å². The van der Waals surface area contributed by atoms with Crippen molar-refractivity contribution in [2.75, 3.05) is 44.4 Å². The van der Waals surface area contributed by atoms with E-state index in [1.807, 2.05) is 29.0 Å². The third-order valence-corrected chi connectivity index (χ3v) is 5.20. The molecule has 0 aromatic carbocycles. The molecule has 2 amide bonds. The van der Waals surface area contributed by atoms with Crippen molar-refractivity contribution in [3.8, 4) is 0 Å². The van der Waals surface area contributed by atoms with E-state index >= 15 is 0 Å².